The summed E-state index contributed by atoms with van der Waals surface area (Å²) in [6.07, 6.45) is 0. The second-order valence-electron chi connectivity index (χ2n) is 8.18. The third kappa shape index (κ3) is 7.41. The van der Waals surface area contributed by atoms with Crippen LogP contribution in [0.15, 0.2) is 52.4 Å². The summed E-state index contributed by atoms with van der Waals surface area (Å²) in [4.78, 5) is 20.6. The van der Waals surface area contributed by atoms with Crippen LogP contribution < -0.4 is 10.1 Å². The third-order valence-electron chi connectivity index (χ3n) is 5.53. The molecule has 0 unspecified atom stereocenters. The van der Waals surface area contributed by atoms with Crippen molar-refractivity contribution in [1.29, 1.82) is 0 Å². The SMILES string of the molecule is COc1ccc(S(=O)(=O)CNCCOCC(=O)N(C)Cc2ccc(C3=NCCN3C)cc2)c(Cl)c1. The number of nitrogens with one attached hydrogen (secondary N) is 1. The van der Waals surface area contributed by atoms with Crippen molar-refractivity contribution < 1.29 is 22.7 Å². The second kappa shape index (κ2) is 12.3. The number of sulfone groups is 1. The maximum Gasteiger partial charge on any atom is 0.248 e. The first-order valence-corrected chi connectivity index (χ1v) is 13.2. The molecule has 11 heteroatoms. The van der Waals surface area contributed by atoms with Crippen LogP contribution >= 0.6 is 11.6 Å². The molecular formula is C24H31ClN4O5S. The lowest BCUT2D eigenvalue weighted by molar-refractivity contribution is -0.135. The molecule has 2 aromatic carbocycles. The maximum atomic E-state index is 12.5. The van der Waals surface area contributed by atoms with Crippen molar-refractivity contribution in [1.82, 2.24) is 15.1 Å². The standard InChI is InChI=1S/C24H31ClN4O5S/c1-28-12-10-27-24(28)19-6-4-18(5-7-19)15-29(2)23(30)16-34-13-11-26-17-35(31,32)22-9-8-20(33-3)14-21(22)25/h4-9,14,26H,10-13,15-17H2,1-3H3. The highest BCUT2D eigenvalue weighted by Gasteiger charge is 2.18. The van der Waals surface area contributed by atoms with Gasteiger partial charge in [0.15, 0.2) is 9.84 Å². The molecule has 0 spiro atoms. The van der Waals surface area contributed by atoms with Crippen LogP contribution in [0.25, 0.3) is 0 Å². The molecule has 0 saturated carbocycles. The summed E-state index contributed by atoms with van der Waals surface area (Å²) in [6, 6.07) is 12.4. The molecule has 1 aliphatic rings. The average molecular weight is 523 g/mol. The number of hydrogen-bond donors (Lipinski definition) is 1. The number of rotatable bonds is 12. The zero-order valence-electron chi connectivity index (χ0n) is 20.2. The highest BCUT2D eigenvalue weighted by atomic mass is 35.5. The number of benzene rings is 2. The number of nitrogens with zero attached hydrogens (tertiary/aromatic N) is 3. The third-order valence-corrected chi connectivity index (χ3v) is 7.57. The van der Waals surface area contributed by atoms with E-state index >= 15 is 0 Å². The maximum absolute atomic E-state index is 12.5. The molecule has 1 aliphatic heterocycles. The summed E-state index contributed by atoms with van der Waals surface area (Å²) < 4.78 is 35.4. The Morgan fingerprint density at radius 2 is 1.97 bits per heavy atom. The van der Waals surface area contributed by atoms with Crippen LogP contribution in [0.3, 0.4) is 0 Å². The number of hydrogen-bond acceptors (Lipinski definition) is 8. The molecule has 1 amide bonds. The number of halogens is 1. The highest BCUT2D eigenvalue weighted by molar-refractivity contribution is 7.91. The summed E-state index contributed by atoms with van der Waals surface area (Å²) in [5, 5.41) is 2.92. The van der Waals surface area contributed by atoms with Gasteiger partial charge in [-0.2, -0.15) is 0 Å². The van der Waals surface area contributed by atoms with Crippen LogP contribution in [-0.4, -0.2) is 89.9 Å². The zero-order chi connectivity index (χ0) is 25.4. The van der Waals surface area contributed by atoms with E-state index in [9.17, 15) is 13.2 Å². The molecular weight excluding hydrogens is 492 g/mol. The van der Waals surface area contributed by atoms with Crippen LogP contribution in [0.2, 0.25) is 5.02 Å². The number of carbonyl (C=O) groups excluding carboxylic acids is 1. The van der Waals surface area contributed by atoms with E-state index in [1.807, 2.05) is 31.3 Å². The van der Waals surface area contributed by atoms with E-state index in [2.05, 4.69) is 15.2 Å². The van der Waals surface area contributed by atoms with Crippen molar-refractivity contribution in [2.45, 2.75) is 11.4 Å². The fourth-order valence-corrected chi connectivity index (χ4v) is 5.25. The summed E-state index contributed by atoms with van der Waals surface area (Å²) >= 11 is 6.06. The van der Waals surface area contributed by atoms with Gasteiger partial charge >= 0.3 is 0 Å². The van der Waals surface area contributed by atoms with Crippen LogP contribution in [0.5, 0.6) is 5.75 Å². The lowest BCUT2D eigenvalue weighted by atomic mass is 10.1. The van der Waals surface area contributed by atoms with E-state index in [4.69, 9.17) is 21.1 Å². The fraction of sp³-hybridized carbons (Fsp3) is 0.417. The fourth-order valence-electron chi connectivity index (χ4n) is 3.52. The van der Waals surface area contributed by atoms with Crippen LogP contribution in [0.4, 0.5) is 0 Å². The van der Waals surface area contributed by atoms with Gasteiger partial charge in [0.2, 0.25) is 5.91 Å². The molecule has 3 rings (SSSR count). The van der Waals surface area contributed by atoms with E-state index in [0.29, 0.717) is 12.3 Å². The quantitative estimate of drug-likeness (QED) is 0.426. The second-order valence-corrected chi connectivity index (χ2v) is 10.5. The predicted molar refractivity (Wildman–Crippen MR) is 136 cm³/mol. The molecule has 0 bridgehead atoms. The molecule has 0 saturated heterocycles. The number of amidine groups is 1. The molecule has 0 aliphatic carbocycles. The molecule has 0 aromatic heterocycles. The summed E-state index contributed by atoms with van der Waals surface area (Å²) in [5.41, 5.74) is 2.07. The van der Waals surface area contributed by atoms with Crippen molar-refractivity contribution in [3.63, 3.8) is 0 Å². The van der Waals surface area contributed by atoms with Gasteiger partial charge in [-0.05, 0) is 17.7 Å². The molecule has 35 heavy (non-hydrogen) atoms. The minimum atomic E-state index is -3.62. The first-order valence-electron chi connectivity index (χ1n) is 11.1. The van der Waals surface area contributed by atoms with Gasteiger partial charge in [-0.1, -0.05) is 35.9 Å². The zero-order valence-corrected chi connectivity index (χ0v) is 21.7. The molecule has 0 radical (unpaired) electrons. The number of carbonyl (C=O) groups is 1. The first-order chi connectivity index (χ1) is 16.7. The van der Waals surface area contributed by atoms with Crippen molar-refractivity contribution in [3.05, 3.63) is 58.6 Å². The van der Waals surface area contributed by atoms with E-state index in [1.54, 1.807) is 18.0 Å². The van der Waals surface area contributed by atoms with Gasteiger partial charge in [0.05, 0.1) is 30.2 Å². The Labute approximate surface area is 211 Å². The van der Waals surface area contributed by atoms with Gasteiger partial charge in [0.1, 0.15) is 24.1 Å². The minimum absolute atomic E-state index is 0.0291. The van der Waals surface area contributed by atoms with Gasteiger partial charge in [-0.3, -0.25) is 9.79 Å². The number of aliphatic imine (C=N–C) groups is 1. The molecule has 0 atom stereocenters. The normalized spacial score (nSPS) is 13.6. The predicted octanol–water partition coefficient (Wildman–Crippen LogP) is 2.04. The van der Waals surface area contributed by atoms with E-state index in [0.717, 1.165) is 30.1 Å². The Morgan fingerprint density at radius 3 is 2.60 bits per heavy atom. The van der Waals surface area contributed by atoms with E-state index in [1.165, 1.54) is 19.2 Å². The summed E-state index contributed by atoms with van der Waals surface area (Å²) in [6.45, 7) is 2.57. The highest BCUT2D eigenvalue weighted by Crippen LogP contribution is 2.26. The minimum Gasteiger partial charge on any atom is -0.497 e. The smallest absolute Gasteiger partial charge is 0.248 e. The van der Waals surface area contributed by atoms with E-state index < -0.39 is 9.84 Å². The molecule has 0 fully saturated rings. The van der Waals surface area contributed by atoms with Crippen molar-refractivity contribution >= 4 is 33.2 Å². The largest absolute Gasteiger partial charge is 0.497 e. The monoisotopic (exact) mass is 522 g/mol. The number of likely N-dealkylation sites (N-methyl/N-ethyl adjacent to an activating group) is 2. The van der Waals surface area contributed by atoms with Crippen molar-refractivity contribution in [2.24, 2.45) is 4.99 Å². The van der Waals surface area contributed by atoms with Gasteiger partial charge in [-0.25, -0.2) is 8.42 Å². The Bertz CT molecular complexity index is 1160. The van der Waals surface area contributed by atoms with E-state index in [-0.39, 0.29) is 41.5 Å². The summed E-state index contributed by atoms with van der Waals surface area (Å²) in [5.74, 6) is 1.01. The van der Waals surface area contributed by atoms with Crippen LogP contribution in [0, 0.1) is 0 Å². The molecule has 2 aromatic rings. The molecule has 190 valence electrons. The molecule has 9 nitrogen and oxygen atoms in total. The molecule has 1 heterocycles. The Morgan fingerprint density at radius 1 is 1.23 bits per heavy atom. The number of ether oxygens (including phenoxy) is 2. The Hall–Kier alpha value is -2.66. The Balaban J connectivity index is 1.36. The Kier molecular flexibility index (Phi) is 9.50. The number of methoxy groups -OCH3 is 1. The lowest BCUT2D eigenvalue weighted by Gasteiger charge is -2.18. The summed E-state index contributed by atoms with van der Waals surface area (Å²) in [7, 11) is 1.61. The van der Waals surface area contributed by atoms with Crippen molar-refractivity contribution in [2.75, 3.05) is 59.9 Å². The van der Waals surface area contributed by atoms with Crippen molar-refractivity contribution in [3.8, 4) is 5.75 Å². The van der Waals surface area contributed by atoms with Gasteiger partial charge in [0.25, 0.3) is 0 Å². The topological polar surface area (TPSA) is 101 Å². The van der Waals surface area contributed by atoms with Crippen LogP contribution in [0.1, 0.15) is 11.1 Å². The van der Waals surface area contributed by atoms with Gasteiger partial charge in [0, 0.05) is 45.4 Å². The van der Waals surface area contributed by atoms with Gasteiger partial charge in [-0.15, -0.1) is 0 Å². The lowest BCUT2D eigenvalue weighted by Crippen LogP contribution is -2.32. The van der Waals surface area contributed by atoms with Crippen LogP contribution in [-0.2, 0) is 25.9 Å². The molecule has 1 N–H and O–H groups in total. The average Bonchev–Trinajstić information content (AvgIpc) is 3.27. The first kappa shape index (κ1) is 26.9. The number of amides is 1. The van der Waals surface area contributed by atoms with Gasteiger partial charge < -0.3 is 24.6 Å².